The van der Waals surface area contributed by atoms with Crippen molar-refractivity contribution in [1.82, 2.24) is 19.3 Å². The predicted molar refractivity (Wildman–Crippen MR) is 81.6 cm³/mol. The lowest BCUT2D eigenvalue weighted by Gasteiger charge is -2.21. The molecule has 0 radical (unpaired) electrons. The molecule has 0 bridgehead atoms. The lowest BCUT2D eigenvalue weighted by Crippen LogP contribution is -2.19. The highest BCUT2D eigenvalue weighted by molar-refractivity contribution is 7.99. The highest BCUT2D eigenvalue weighted by Crippen LogP contribution is 2.28. The zero-order valence-electron chi connectivity index (χ0n) is 12.7. The van der Waals surface area contributed by atoms with E-state index in [0.29, 0.717) is 6.54 Å². The third-order valence-corrected chi connectivity index (χ3v) is 4.13. The number of aryl methyl sites for hydroxylation is 1. The van der Waals surface area contributed by atoms with E-state index in [-0.39, 0.29) is 11.2 Å². The molecule has 114 valence electrons. The number of hydrogen-bond donors (Lipinski definition) is 1. The van der Waals surface area contributed by atoms with Crippen molar-refractivity contribution in [1.29, 1.82) is 0 Å². The molecule has 2 rings (SSSR count). The second-order valence-electron chi connectivity index (χ2n) is 5.89. The number of nitrogens with zero attached hydrogens (tertiary/aromatic N) is 4. The molecule has 0 spiro atoms. The first-order valence-electron chi connectivity index (χ1n) is 6.66. The van der Waals surface area contributed by atoms with Crippen molar-refractivity contribution in [3.63, 3.8) is 0 Å². The van der Waals surface area contributed by atoms with Crippen molar-refractivity contribution in [2.45, 2.75) is 37.9 Å². The quantitative estimate of drug-likeness (QED) is 0.857. The highest BCUT2D eigenvalue weighted by Gasteiger charge is 2.22. The first kappa shape index (κ1) is 15.6. The zero-order valence-corrected chi connectivity index (χ0v) is 13.5. The van der Waals surface area contributed by atoms with Crippen LogP contribution in [-0.4, -0.2) is 36.2 Å². The molecule has 0 aliphatic heterocycles. The van der Waals surface area contributed by atoms with Gasteiger partial charge in [0.15, 0.2) is 5.16 Å². The van der Waals surface area contributed by atoms with E-state index in [0.717, 1.165) is 16.5 Å². The summed E-state index contributed by atoms with van der Waals surface area (Å²) in [7, 11) is 1.90. The van der Waals surface area contributed by atoms with Crippen LogP contribution in [0.4, 0.5) is 0 Å². The van der Waals surface area contributed by atoms with Gasteiger partial charge in [0.1, 0.15) is 0 Å². The summed E-state index contributed by atoms with van der Waals surface area (Å²) in [6, 6.07) is 1.96. The molecular weight excluding hydrogens is 288 g/mol. The number of thioether (sulfide) groups is 1. The van der Waals surface area contributed by atoms with Gasteiger partial charge in [0, 0.05) is 30.6 Å². The van der Waals surface area contributed by atoms with Crippen LogP contribution in [0, 0.1) is 0 Å². The second-order valence-corrected chi connectivity index (χ2v) is 6.83. The standard InChI is InChI=1S/C14H20N4O2S/c1-14(2,3)11-7-15-13(21-9-12(19)20)18(11)8-10-5-6-16-17(10)4/h5-7H,8-9H2,1-4H3,(H,19,20). The Bertz CT molecular complexity index is 640. The van der Waals surface area contributed by atoms with Gasteiger partial charge in [0.2, 0.25) is 0 Å². The minimum absolute atomic E-state index is 0.00594. The van der Waals surface area contributed by atoms with E-state index in [1.54, 1.807) is 6.20 Å². The van der Waals surface area contributed by atoms with Crippen LogP contribution in [0.3, 0.4) is 0 Å². The fraction of sp³-hybridized carbons (Fsp3) is 0.500. The maximum Gasteiger partial charge on any atom is 0.313 e. The number of carboxylic acids is 1. The van der Waals surface area contributed by atoms with Crippen LogP contribution in [0.25, 0.3) is 0 Å². The Morgan fingerprint density at radius 2 is 2.14 bits per heavy atom. The van der Waals surface area contributed by atoms with Crippen molar-refractivity contribution in [2.24, 2.45) is 7.05 Å². The van der Waals surface area contributed by atoms with E-state index < -0.39 is 5.97 Å². The Balaban J connectivity index is 2.36. The summed E-state index contributed by atoms with van der Waals surface area (Å²) >= 11 is 1.24. The first-order valence-corrected chi connectivity index (χ1v) is 7.65. The van der Waals surface area contributed by atoms with Gasteiger partial charge in [-0.3, -0.25) is 9.48 Å². The van der Waals surface area contributed by atoms with Crippen LogP contribution >= 0.6 is 11.8 Å². The van der Waals surface area contributed by atoms with E-state index in [1.807, 2.05) is 24.0 Å². The van der Waals surface area contributed by atoms with Crippen LogP contribution in [0.1, 0.15) is 32.2 Å². The molecule has 2 aromatic rings. The number of aromatic nitrogens is 4. The molecule has 2 heterocycles. The lowest BCUT2D eigenvalue weighted by molar-refractivity contribution is -0.133. The number of hydrogen-bond acceptors (Lipinski definition) is 4. The van der Waals surface area contributed by atoms with Gasteiger partial charge in [-0.15, -0.1) is 0 Å². The van der Waals surface area contributed by atoms with Crippen molar-refractivity contribution < 1.29 is 9.90 Å². The van der Waals surface area contributed by atoms with E-state index >= 15 is 0 Å². The van der Waals surface area contributed by atoms with Gasteiger partial charge in [-0.25, -0.2) is 4.98 Å². The van der Waals surface area contributed by atoms with Crippen LogP contribution in [0.2, 0.25) is 0 Å². The number of carboxylic acid groups (broad SMARTS) is 1. The van der Waals surface area contributed by atoms with Crippen molar-refractivity contribution in [2.75, 3.05) is 5.75 Å². The third kappa shape index (κ3) is 3.66. The van der Waals surface area contributed by atoms with Crippen LogP contribution in [0.5, 0.6) is 0 Å². The van der Waals surface area contributed by atoms with Gasteiger partial charge in [0.05, 0.1) is 18.0 Å². The molecule has 7 heteroatoms. The predicted octanol–water partition coefficient (Wildman–Crippen LogP) is 2.14. The molecule has 6 nitrogen and oxygen atoms in total. The van der Waals surface area contributed by atoms with Gasteiger partial charge in [-0.2, -0.15) is 5.10 Å². The third-order valence-electron chi connectivity index (χ3n) is 3.15. The molecule has 0 unspecified atom stereocenters. The van der Waals surface area contributed by atoms with Crippen LogP contribution < -0.4 is 0 Å². The average Bonchev–Trinajstić information content (AvgIpc) is 2.94. The summed E-state index contributed by atoms with van der Waals surface area (Å²) in [6.45, 7) is 6.99. The monoisotopic (exact) mass is 308 g/mol. The Hall–Kier alpha value is -1.76. The summed E-state index contributed by atoms with van der Waals surface area (Å²) in [5.74, 6) is -0.834. The Labute approximate surface area is 128 Å². The molecule has 0 aliphatic rings. The molecule has 0 amide bonds. The lowest BCUT2D eigenvalue weighted by atomic mass is 9.92. The molecular formula is C14H20N4O2S. The molecule has 0 saturated carbocycles. The maximum absolute atomic E-state index is 10.8. The van der Waals surface area contributed by atoms with E-state index in [9.17, 15) is 4.79 Å². The van der Waals surface area contributed by atoms with E-state index in [1.165, 1.54) is 11.8 Å². The number of carbonyl (C=O) groups is 1. The van der Waals surface area contributed by atoms with Gasteiger partial charge in [-0.1, -0.05) is 32.5 Å². The Morgan fingerprint density at radius 3 is 2.67 bits per heavy atom. The molecule has 0 saturated heterocycles. The van der Waals surface area contributed by atoms with Crippen molar-refractivity contribution in [3.05, 3.63) is 29.8 Å². The van der Waals surface area contributed by atoms with E-state index in [4.69, 9.17) is 5.11 Å². The Morgan fingerprint density at radius 1 is 1.43 bits per heavy atom. The fourth-order valence-electron chi connectivity index (χ4n) is 2.07. The SMILES string of the molecule is Cn1nccc1Cn1c(C(C)(C)C)cnc1SCC(=O)O. The largest absolute Gasteiger partial charge is 0.481 e. The van der Waals surface area contributed by atoms with Gasteiger partial charge >= 0.3 is 5.97 Å². The van der Waals surface area contributed by atoms with E-state index in [2.05, 4.69) is 35.4 Å². The molecule has 0 aliphatic carbocycles. The molecule has 0 aromatic carbocycles. The van der Waals surface area contributed by atoms with Gasteiger partial charge in [0.25, 0.3) is 0 Å². The summed E-state index contributed by atoms with van der Waals surface area (Å²) in [5, 5.41) is 13.8. The summed E-state index contributed by atoms with van der Waals surface area (Å²) < 4.78 is 3.89. The first-order chi connectivity index (χ1) is 9.79. The van der Waals surface area contributed by atoms with Crippen molar-refractivity contribution in [3.8, 4) is 0 Å². The van der Waals surface area contributed by atoms with Crippen molar-refractivity contribution >= 4 is 17.7 Å². The minimum atomic E-state index is -0.840. The average molecular weight is 308 g/mol. The maximum atomic E-state index is 10.8. The minimum Gasteiger partial charge on any atom is -0.481 e. The number of imidazole rings is 1. The topological polar surface area (TPSA) is 72.9 Å². The Kier molecular flexibility index (Phi) is 4.41. The van der Waals surface area contributed by atoms with Gasteiger partial charge < -0.3 is 9.67 Å². The molecule has 0 fully saturated rings. The van der Waals surface area contributed by atoms with Crippen LogP contribution in [-0.2, 0) is 23.8 Å². The molecule has 0 atom stereocenters. The molecule has 21 heavy (non-hydrogen) atoms. The highest BCUT2D eigenvalue weighted by atomic mass is 32.2. The van der Waals surface area contributed by atoms with Crippen LogP contribution in [0.15, 0.2) is 23.6 Å². The normalized spacial score (nSPS) is 11.8. The smallest absolute Gasteiger partial charge is 0.313 e. The fourth-order valence-corrected chi connectivity index (χ4v) is 2.77. The van der Waals surface area contributed by atoms with Gasteiger partial charge in [-0.05, 0) is 6.07 Å². The molecule has 1 N–H and O–H groups in total. The number of rotatable bonds is 5. The summed E-state index contributed by atoms with van der Waals surface area (Å²) in [6.07, 6.45) is 3.59. The number of aliphatic carboxylic acids is 1. The second kappa shape index (κ2) is 5.93. The zero-order chi connectivity index (χ0) is 15.6. The molecule has 2 aromatic heterocycles. The summed E-state index contributed by atoms with van der Waals surface area (Å²) in [4.78, 5) is 15.2. The summed E-state index contributed by atoms with van der Waals surface area (Å²) in [5.41, 5.74) is 2.07.